The van der Waals surface area contributed by atoms with Gasteiger partial charge in [0.15, 0.2) is 18.9 Å². The summed E-state index contributed by atoms with van der Waals surface area (Å²) in [4.78, 5) is 39.0. The number of halogens is 1. The molecule has 2 aromatic rings. The number of pyridine rings is 1. The van der Waals surface area contributed by atoms with Gasteiger partial charge in [-0.05, 0) is 17.5 Å². The monoisotopic (exact) mass is 450 g/mol. The summed E-state index contributed by atoms with van der Waals surface area (Å²) in [5.74, 6) is -1.34. The minimum Gasteiger partial charge on any atom is -0.477 e. The fourth-order valence-corrected chi connectivity index (χ4v) is 5.65. The lowest BCUT2D eigenvalue weighted by Crippen LogP contribution is -2.70. The van der Waals surface area contributed by atoms with E-state index >= 15 is 0 Å². The largest absolute Gasteiger partial charge is 0.477 e. The van der Waals surface area contributed by atoms with Crippen molar-refractivity contribution in [2.24, 2.45) is 0 Å². The smallest absolute Gasteiger partial charge is 0.352 e. The summed E-state index contributed by atoms with van der Waals surface area (Å²) in [6.07, 6.45) is 3.70. The molecule has 1 fully saturated rings. The Kier molecular flexibility index (Phi) is 5.62. The molecule has 2 aromatic heterocycles. The second-order valence-corrected chi connectivity index (χ2v) is 9.24. The first-order valence-electron chi connectivity index (χ1n) is 8.80. The molecule has 7 nitrogen and oxygen atoms in total. The van der Waals surface area contributed by atoms with E-state index in [-0.39, 0.29) is 18.0 Å². The predicted molar refractivity (Wildman–Crippen MR) is 109 cm³/mol. The SMILES string of the molecule is O=C(Cc1cccs1)NC1C(=O)N2C(C(=O)O)=C(C[n+]3cccc(Cl)c3)CS[C@@H]12. The Hall–Kier alpha value is -2.36. The van der Waals surface area contributed by atoms with E-state index in [2.05, 4.69) is 5.32 Å². The minimum atomic E-state index is -1.15. The van der Waals surface area contributed by atoms with Gasteiger partial charge in [-0.3, -0.25) is 14.5 Å². The third-order valence-electron chi connectivity index (χ3n) is 4.68. The van der Waals surface area contributed by atoms with E-state index in [1.165, 1.54) is 28.0 Å². The molecule has 2 atom stereocenters. The van der Waals surface area contributed by atoms with E-state index in [1.807, 2.05) is 17.5 Å². The predicted octanol–water partition coefficient (Wildman–Crippen LogP) is 1.67. The summed E-state index contributed by atoms with van der Waals surface area (Å²) in [7, 11) is 0. The van der Waals surface area contributed by atoms with Crippen molar-refractivity contribution in [2.45, 2.75) is 24.4 Å². The number of fused-ring (bicyclic) bond motifs is 1. The minimum absolute atomic E-state index is 0.00465. The average molecular weight is 451 g/mol. The van der Waals surface area contributed by atoms with Gasteiger partial charge in [0.2, 0.25) is 5.91 Å². The Bertz CT molecular complexity index is 1010. The fourth-order valence-electron chi connectivity index (χ4n) is 3.41. The highest BCUT2D eigenvalue weighted by Crippen LogP contribution is 2.40. The van der Waals surface area contributed by atoms with Crippen LogP contribution in [0.15, 0.2) is 53.3 Å². The number of aromatic nitrogens is 1. The quantitative estimate of drug-likeness (QED) is 0.516. The zero-order valence-corrected chi connectivity index (χ0v) is 17.5. The summed E-state index contributed by atoms with van der Waals surface area (Å²) >= 11 is 8.93. The van der Waals surface area contributed by atoms with Crippen LogP contribution in [0.2, 0.25) is 5.02 Å². The summed E-state index contributed by atoms with van der Waals surface area (Å²) in [6.45, 7) is 0.321. The van der Waals surface area contributed by atoms with E-state index in [0.29, 0.717) is 22.9 Å². The molecule has 0 saturated carbocycles. The van der Waals surface area contributed by atoms with Crippen LogP contribution in [0, 0.1) is 0 Å². The average Bonchev–Trinajstić information content (AvgIpc) is 3.18. The Balaban J connectivity index is 1.50. The number of nitrogens with one attached hydrogen (secondary N) is 1. The molecule has 150 valence electrons. The Labute approximate surface area is 180 Å². The number of β-lactam (4-membered cyclic amide) rings is 1. The highest BCUT2D eigenvalue weighted by Gasteiger charge is 2.54. The molecule has 2 aliphatic rings. The molecular weight excluding hydrogens is 434 g/mol. The first kappa shape index (κ1) is 19.9. The number of aliphatic carboxylic acids is 1. The molecule has 2 amide bonds. The van der Waals surface area contributed by atoms with Crippen molar-refractivity contribution in [3.8, 4) is 0 Å². The van der Waals surface area contributed by atoms with Crippen LogP contribution in [0.25, 0.3) is 0 Å². The van der Waals surface area contributed by atoms with Crippen molar-refractivity contribution in [3.05, 3.63) is 63.2 Å². The second-order valence-electron chi connectivity index (χ2n) is 6.66. The number of carboxylic acid groups (broad SMARTS) is 1. The third-order valence-corrected chi connectivity index (χ3v) is 7.12. The fraction of sp³-hybridized carbons (Fsp3) is 0.263. The van der Waals surface area contributed by atoms with E-state index in [9.17, 15) is 19.5 Å². The van der Waals surface area contributed by atoms with E-state index in [1.54, 1.807) is 29.1 Å². The zero-order chi connectivity index (χ0) is 20.5. The highest BCUT2D eigenvalue weighted by atomic mass is 35.5. The normalized spacial score (nSPS) is 20.9. The van der Waals surface area contributed by atoms with Crippen LogP contribution in [-0.2, 0) is 27.3 Å². The van der Waals surface area contributed by atoms with Crippen LogP contribution in [0.5, 0.6) is 0 Å². The second kappa shape index (κ2) is 8.17. The molecule has 0 radical (unpaired) electrons. The van der Waals surface area contributed by atoms with Crippen molar-refractivity contribution in [1.82, 2.24) is 10.2 Å². The number of carboxylic acids is 1. The Morgan fingerprint density at radius 1 is 1.34 bits per heavy atom. The van der Waals surface area contributed by atoms with Crippen LogP contribution >= 0.6 is 34.7 Å². The Morgan fingerprint density at radius 3 is 2.86 bits per heavy atom. The van der Waals surface area contributed by atoms with Gasteiger partial charge in [0, 0.05) is 22.3 Å². The number of thiophene rings is 1. The number of carbonyl (C=O) groups excluding carboxylic acids is 2. The molecule has 1 saturated heterocycles. The van der Waals surface area contributed by atoms with Gasteiger partial charge in [0.05, 0.1) is 6.42 Å². The molecule has 0 aliphatic carbocycles. The first-order valence-corrected chi connectivity index (χ1v) is 11.1. The summed E-state index contributed by atoms with van der Waals surface area (Å²) < 4.78 is 1.78. The molecule has 29 heavy (non-hydrogen) atoms. The maximum atomic E-state index is 12.7. The zero-order valence-electron chi connectivity index (χ0n) is 15.1. The van der Waals surface area contributed by atoms with E-state index < -0.39 is 23.3 Å². The van der Waals surface area contributed by atoms with Crippen LogP contribution in [0.3, 0.4) is 0 Å². The molecule has 0 aromatic carbocycles. The Morgan fingerprint density at radius 2 is 2.17 bits per heavy atom. The molecule has 2 N–H and O–H groups in total. The van der Waals surface area contributed by atoms with Crippen LogP contribution in [-0.4, -0.2) is 45.0 Å². The van der Waals surface area contributed by atoms with Crippen molar-refractivity contribution in [3.63, 3.8) is 0 Å². The standard InChI is InChI=1S/C19H16ClN3O4S2/c20-12-3-1-5-22(9-12)8-11-10-29-18-15(17(25)23(18)16(11)19(26)27)21-14(24)7-13-4-2-6-28-13/h1-6,9,15,18H,7-8,10H2,(H-,21,24,26,27)/p+1/t15?,18-/m0/s1. The van der Waals surface area contributed by atoms with Gasteiger partial charge in [-0.2, -0.15) is 4.57 Å². The maximum absolute atomic E-state index is 12.7. The van der Waals surface area contributed by atoms with Gasteiger partial charge < -0.3 is 10.4 Å². The van der Waals surface area contributed by atoms with E-state index in [0.717, 1.165) is 4.88 Å². The van der Waals surface area contributed by atoms with Gasteiger partial charge in [-0.25, -0.2) is 4.79 Å². The molecule has 0 spiro atoms. The molecule has 2 aliphatic heterocycles. The lowest BCUT2D eigenvalue weighted by atomic mass is 10.0. The van der Waals surface area contributed by atoms with Gasteiger partial charge in [-0.1, -0.05) is 17.7 Å². The van der Waals surface area contributed by atoms with Crippen LogP contribution < -0.4 is 9.88 Å². The van der Waals surface area contributed by atoms with Gasteiger partial charge >= 0.3 is 5.97 Å². The van der Waals surface area contributed by atoms with Crippen LogP contribution in [0.4, 0.5) is 0 Å². The number of thioether (sulfide) groups is 1. The number of hydrogen-bond acceptors (Lipinski definition) is 5. The van der Waals surface area contributed by atoms with E-state index in [4.69, 9.17) is 11.6 Å². The van der Waals surface area contributed by atoms with Gasteiger partial charge in [0.25, 0.3) is 5.91 Å². The summed E-state index contributed by atoms with van der Waals surface area (Å²) in [6, 6.07) is 6.53. The molecule has 0 bridgehead atoms. The number of hydrogen-bond donors (Lipinski definition) is 2. The molecular formula is C19H17ClN3O4S2+. The molecule has 1 unspecified atom stereocenters. The number of amides is 2. The van der Waals surface area contributed by atoms with Gasteiger partial charge in [-0.15, -0.1) is 23.1 Å². The van der Waals surface area contributed by atoms with Gasteiger partial charge in [0.1, 0.15) is 22.1 Å². The molecule has 4 rings (SSSR count). The van der Waals surface area contributed by atoms with Crippen molar-refractivity contribution < 1.29 is 24.1 Å². The lowest BCUT2D eigenvalue weighted by Gasteiger charge is -2.49. The first-order chi connectivity index (χ1) is 13.9. The highest BCUT2D eigenvalue weighted by molar-refractivity contribution is 8.00. The number of nitrogens with zero attached hydrogens (tertiary/aromatic N) is 2. The number of rotatable bonds is 6. The van der Waals surface area contributed by atoms with Crippen molar-refractivity contribution >= 4 is 52.5 Å². The lowest BCUT2D eigenvalue weighted by molar-refractivity contribution is -0.689. The number of carbonyl (C=O) groups is 3. The van der Waals surface area contributed by atoms with Crippen LogP contribution in [0.1, 0.15) is 4.88 Å². The third kappa shape index (κ3) is 4.03. The molecule has 4 heterocycles. The maximum Gasteiger partial charge on any atom is 0.352 e. The summed E-state index contributed by atoms with van der Waals surface area (Å²) in [5, 5.41) is 14.5. The van der Waals surface area contributed by atoms with Crippen molar-refractivity contribution in [2.75, 3.05) is 5.75 Å². The van der Waals surface area contributed by atoms with Crippen molar-refractivity contribution in [1.29, 1.82) is 0 Å². The topological polar surface area (TPSA) is 90.6 Å². The molecule has 10 heteroatoms. The summed E-state index contributed by atoms with van der Waals surface area (Å²) in [5.41, 5.74) is 0.623.